The van der Waals surface area contributed by atoms with Crippen LogP contribution in [0.1, 0.15) is 114 Å². The van der Waals surface area contributed by atoms with Crippen molar-refractivity contribution >= 4 is 22.6 Å². The average molecular weight is 772 g/mol. The third kappa shape index (κ3) is 10.1. The molecule has 0 aliphatic heterocycles. The Morgan fingerprint density at radius 2 is 1.53 bits per heavy atom. The lowest BCUT2D eigenvalue weighted by atomic mass is 9.52. The summed E-state index contributed by atoms with van der Waals surface area (Å²) in [5.41, 5.74) is 2.24. The van der Waals surface area contributed by atoms with Gasteiger partial charge in [-0.25, -0.2) is 4.79 Å². The van der Waals surface area contributed by atoms with Crippen molar-refractivity contribution < 1.29 is 50.5 Å². The highest BCUT2D eigenvalue weighted by atomic mass is 32.2. The van der Waals surface area contributed by atoms with E-state index in [1.165, 1.54) is 29.8 Å². The lowest BCUT2D eigenvalue weighted by Crippen LogP contribution is -2.47. The van der Waals surface area contributed by atoms with Gasteiger partial charge in [0.05, 0.1) is 11.0 Å². The summed E-state index contributed by atoms with van der Waals surface area (Å²) in [6.45, 7) is 2.26. The highest BCUT2D eigenvalue weighted by molar-refractivity contribution is 7.84. The van der Waals surface area contributed by atoms with Gasteiger partial charge in [-0.2, -0.15) is 22.0 Å². The number of rotatable bonds is 17. The SMILES string of the molecule is C[C@]12CC[C@@H]3c4ccc(OC(=O)Oc5ccc([N+](=O)[O-])cc5)cc4C[C@@H](CCCCCCCCCS(=O)CCCC(F)(F)C(F)(F)F)[C@H]3[C@@H]1CC[C@@H]2O. The number of carbonyl (C=O) groups excluding carboxylic acids is 1. The summed E-state index contributed by atoms with van der Waals surface area (Å²) in [6, 6.07) is 11.0. The molecule has 3 aliphatic rings. The fourth-order valence-corrected chi connectivity index (χ4v) is 10.4. The Morgan fingerprint density at radius 1 is 0.906 bits per heavy atom. The van der Waals surface area contributed by atoms with Crippen LogP contribution in [0.5, 0.6) is 11.5 Å². The molecular weight excluding hydrogens is 721 g/mol. The fraction of sp³-hybridized carbons (Fsp3) is 0.667. The molecule has 53 heavy (non-hydrogen) atoms. The number of halogens is 5. The molecule has 294 valence electrons. The first-order valence-corrected chi connectivity index (χ1v) is 20.3. The lowest BCUT2D eigenvalue weighted by molar-refractivity contribution is -0.384. The lowest BCUT2D eigenvalue weighted by Gasteiger charge is -2.53. The van der Waals surface area contributed by atoms with Crippen LogP contribution < -0.4 is 9.47 Å². The van der Waals surface area contributed by atoms with Crippen LogP contribution in [0.4, 0.5) is 32.4 Å². The molecule has 2 aromatic rings. The van der Waals surface area contributed by atoms with Crippen molar-refractivity contribution in [1.82, 2.24) is 0 Å². The van der Waals surface area contributed by atoms with Crippen molar-refractivity contribution in [1.29, 1.82) is 0 Å². The monoisotopic (exact) mass is 771 g/mol. The van der Waals surface area contributed by atoms with Gasteiger partial charge < -0.3 is 14.6 Å². The summed E-state index contributed by atoms with van der Waals surface area (Å²) in [4.78, 5) is 23.0. The first-order chi connectivity index (χ1) is 25.1. The summed E-state index contributed by atoms with van der Waals surface area (Å²) < 4.78 is 85.9. The number of hydrogen-bond donors (Lipinski definition) is 1. The molecule has 5 rings (SSSR count). The smallest absolute Gasteiger partial charge is 0.395 e. The predicted molar refractivity (Wildman–Crippen MR) is 191 cm³/mol. The van der Waals surface area contributed by atoms with Crippen LogP contribution in [0, 0.1) is 33.3 Å². The zero-order chi connectivity index (χ0) is 38.4. The van der Waals surface area contributed by atoms with E-state index in [2.05, 4.69) is 13.0 Å². The number of aliphatic hydroxyl groups excluding tert-OH is 1. The molecule has 2 fully saturated rings. The molecular formula is C39H50F5NO7S. The Labute approximate surface area is 309 Å². The van der Waals surface area contributed by atoms with E-state index >= 15 is 0 Å². The maximum Gasteiger partial charge on any atom is 0.519 e. The minimum Gasteiger partial charge on any atom is -0.395 e. The number of nitrogens with zero attached hydrogens (tertiary/aromatic N) is 1. The third-order valence-corrected chi connectivity index (χ3v) is 13.5. The molecule has 0 heterocycles. The van der Waals surface area contributed by atoms with Crippen molar-refractivity contribution in [3.8, 4) is 11.5 Å². The molecule has 0 spiro atoms. The summed E-state index contributed by atoms with van der Waals surface area (Å²) >= 11 is 0. The standard InChI is InChI=1S/C39H50F5NO7S/c1-37-21-19-32-31-16-15-30(52-36(47)51-29-13-11-28(12-14-29)45(48)49)25-27(31)24-26(35(32)33(37)17-18-34(37)46)10-7-5-3-2-4-6-8-22-53(50)23-9-20-38(40,41)39(42,43)44/h11-16,25-26,32-35,46H,2-10,17-24H2,1H3/t26-,32-,33+,34+,35-,37+,53?/m1/s1. The largest absolute Gasteiger partial charge is 0.519 e. The number of unbranched alkanes of at least 4 members (excludes halogenated alkanes) is 6. The minimum absolute atomic E-state index is 0.0839. The quantitative estimate of drug-likeness (QED) is 0.0425. The summed E-state index contributed by atoms with van der Waals surface area (Å²) in [7, 11) is -1.40. The van der Waals surface area contributed by atoms with E-state index in [-0.39, 0.29) is 28.7 Å². The zero-order valence-corrected chi connectivity index (χ0v) is 30.9. The van der Waals surface area contributed by atoms with E-state index in [4.69, 9.17) is 9.47 Å². The first-order valence-electron chi connectivity index (χ1n) is 18.8. The topological polar surface area (TPSA) is 116 Å². The van der Waals surface area contributed by atoms with E-state index in [9.17, 15) is 46.2 Å². The number of nitro groups is 1. The first kappa shape index (κ1) is 41.0. The molecule has 0 amide bonds. The summed E-state index contributed by atoms with van der Waals surface area (Å²) in [5, 5.41) is 21.9. The second kappa shape index (κ2) is 17.6. The molecule has 0 radical (unpaired) electrons. The number of alkyl halides is 5. The molecule has 2 saturated carbocycles. The fourth-order valence-electron chi connectivity index (χ4n) is 9.19. The zero-order valence-electron chi connectivity index (χ0n) is 30.1. The number of carbonyl (C=O) groups is 1. The number of nitro benzene ring substituents is 1. The van der Waals surface area contributed by atoms with E-state index in [1.807, 2.05) is 6.07 Å². The van der Waals surface area contributed by atoms with Crippen LogP contribution in [0.3, 0.4) is 0 Å². The Balaban J connectivity index is 1.10. The van der Waals surface area contributed by atoms with Crippen LogP contribution >= 0.6 is 0 Å². The van der Waals surface area contributed by atoms with Crippen molar-refractivity contribution in [2.24, 2.45) is 23.2 Å². The van der Waals surface area contributed by atoms with E-state index in [0.717, 1.165) is 82.6 Å². The van der Waals surface area contributed by atoms with Gasteiger partial charge in [-0.05, 0) is 116 Å². The Kier molecular flexibility index (Phi) is 13.6. The molecule has 2 aromatic carbocycles. The van der Waals surface area contributed by atoms with Crippen molar-refractivity contribution in [3.63, 3.8) is 0 Å². The van der Waals surface area contributed by atoms with Crippen LogP contribution in [0.25, 0.3) is 0 Å². The summed E-state index contributed by atoms with van der Waals surface area (Å²) in [5.74, 6) is -2.41. The van der Waals surface area contributed by atoms with Gasteiger partial charge in [-0.3, -0.25) is 14.3 Å². The van der Waals surface area contributed by atoms with E-state index in [1.54, 1.807) is 6.07 Å². The van der Waals surface area contributed by atoms with Gasteiger partial charge in [0.2, 0.25) is 0 Å². The Bertz CT molecular complexity index is 1590. The Morgan fingerprint density at radius 3 is 2.21 bits per heavy atom. The Hall–Kier alpha value is -3.13. The van der Waals surface area contributed by atoms with Gasteiger partial charge in [-0.1, -0.05) is 51.5 Å². The highest BCUT2D eigenvalue weighted by Gasteiger charge is 2.57. The maximum atomic E-state index is 13.0. The number of fused-ring (bicyclic) bond motifs is 5. The number of benzene rings is 2. The van der Waals surface area contributed by atoms with E-state index in [0.29, 0.717) is 41.6 Å². The number of ether oxygens (including phenoxy) is 2. The normalized spacial score (nSPS) is 25.9. The van der Waals surface area contributed by atoms with E-state index < -0.39 is 46.8 Å². The van der Waals surface area contributed by atoms with Crippen LogP contribution in [0.2, 0.25) is 0 Å². The van der Waals surface area contributed by atoms with Crippen LogP contribution in [0.15, 0.2) is 42.5 Å². The van der Waals surface area contributed by atoms with Gasteiger partial charge in [0, 0.05) is 40.9 Å². The predicted octanol–water partition coefficient (Wildman–Crippen LogP) is 10.5. The molecule has 3 aliphatic carbocycles. The molecule has 0 saturated heterocycles. The van der Waals surface area contributed by atoms with Gasteiger partial charge in [0.15, 0.2) is 0 Å². The van der Waals surface area contributed by atoms with Crippen molar-refractivity contribution in [3.05, 3.63) is 63.7 Å². The number of aliphatic hydroxyl groups is 1. The van der Waals surface area contributed by atoms with Crippen LogP contribution in [-0.2, 0) is 17.2 Å². The van der Waals surface area contributed by atoms with Crippen molar-refractivity contribution in [2.75, 3.05) is 11.5 Å². The molecule has 0 aromatic heterocycles. The van der Waals surface area contributed by atoms with Gasteiger partial charge in [-0.15, -0.1) is 0 Å². The van der Waals surface area contributed by atoms with Gasteiger partial charge >= 0.3 is 18.3 Å². The molecule has 0 bridgehead atoms. The molecule has 8 nitrogen and oxygen atoms in total. The molecule has 1 N–H and O–H groups in total. The molecule has 1 unspecified atom stereocenters. The highest BCUT2D eigenvalue weighted by Crippen LogP contribution is 2.62. The van der Waals surface area contributed by atoms with Gasteiger partial charge in [0.25, 0.3) is 5.69 Å². The van der Waals surface area contributed by atoms with Crippen molar-refractivity contribution in [2.45, 2.75) is 127 Å². The molecule has 7 atom stereocenters. The van der Waals surface area contributed by atoms with Crippen LogP contribution in [-0.4, -0.2) is 50.1 Å². The second-order valence-electron chi connectivity index (χ2n) is 15.4. The summed E-state index contributed by atoms with van der Waals surface area (Å²) in [6.07, 6.45) is 3.74. The molecule has 14 heteroatoms. The third-order valence-electron chi connectivity index (χ3n) is 12.0. The second-order valence-corrected chi connectivity index (χ2v) is 17.1. The number of non-ortho nitro benzene ring substituents is 1. The number of hydrogen-bond acceptors (Lipinski definition) is 7. The minimum atomic E-state index is -5.57. The average Bonchev–Trinajstić information content (AvgIpc) is 3.40. The maximum absolute atomic E-state index is 13.0. The van der Waals surface area contributed by atoms with Gasteiger partial charge in [0.1, 0.15) is 11.5 Å².